The second-order valence-electron chi connectivity index (χ2n) is 5.00. The van der Waals surface area contributed by atoms with E-state index >= 15 is 0 Å². The topological polar surface area (TPSA) is 12.0 Å². The second kappa shape index (κ2) is 6.70. The smallest absolute Gasteiger partial charge is 0.0320 e. The van der Waals surface area contributed by atoms with Crippen LogP contribution in [0, 0.1) is 12.8 Å². The quantitative estimate of drug-likeness (QED) is 0.760. The Hall–Kier alpha value is -0.820. The van der Waals surface area contributed by atoms with Gasteiger partial charge in [0.25, 0.3) is 0 Å². The van der Waals surface area contributed by atoms with Gasteiger partial charge in [0.2, 0.25) is 0 Å². The summed E-state index contributed by atoms with van der Waals surface area (Å²) in [5.74, 6) is 0.783. The lowest BCUT2D eigenvalue weighted by Gasteiger charge is -2.19. The molecule has 0 heterocycles. The van der Waals surface area contributed by atoms with Crippen molar-refractivity contribution >= 4 is 0 Å². The number of rotatable bonds is 6. The van der Waals surface area contributed by atoms with E-state index in [-0.39, 0.29) is 0 Å². The van der Waals surface area contributed by atoms with E-state index in [0.29, 0.717) is 6.04 Å². The standard InChI is InChI=1S/C15H25N/c1-5-16-15(10-9-12(2)3)14-8-6-7-13(4)11-14/h6-8,11-12,15-16H,5,9-10H2,1-4H3. The third-order valence-electron chi connectivity index (χ3n) is 2.93. The Labute approximate surface area is 100 Å². The predicted molar refractivity (Wildman–Crippen MR) is 71.7 cm³/mol. The first-order valence-electron chi connectivity index (χ1n) is 6.43. The highest BCUT2D eigenvalue weighted by Gasteiger charge is 2.10. The molecule has 0 saturated carbocycles. The molecule has 0 aromatic heterocycles. The van der Waals surface area contributed by atoms with Gasteiger partial charge in [0.15, 0.2) is 0 Å². The SMILES string of the molecule is CCNC(CCC(C)C)c1cccc(C)c1. The van der Waals surface area contributed by atoms with Crippen molar-refractivity contribution in [3.8, 4) is 0 Å². The maximum atomic E-state index is 3.58. The van der Waals surface area contributed by atoms with Crippen LogP contribution in [0.1, 0.15) is 50.8 Å². The Morgan fingerprint density at radius 1 is 1.19 bits per heavy atom. The van der Waals surface area contributed by atoms with Crippen LogP contribution in [0.2, 0.25) is 0 Å². The number of nitrogens with one attached hydrogen (secondary N) is 1. The van der Waals surface area contributed by atoms with Crippen molar-refractivity contribution in [2.24, 2.45) is 5.92 Å². The fourth-order valence-electron chi connectivity index (χ4n) is 2.02. The molecule has 0 spiro atoms. The molecule has 1 atom stereocenters. The van der Waals surface area contributed by atoms with E-state index in [1.54, 1.807) is 0 Å². The molecule has 0 aliphatic carbocycles. The molecule has 0 amide bonds. The van der Waals surface area contributed by atoms with Crippen LogP contribution < -0.4 is 5.32 Å². The highest BCUT2D eigenvalue weighted by atomic mass is 14.9. The van der Waals surface area contributed by atoms with Gasteiger partial charge in [-0.25, -0.2) is 0 Å². The van der Waals surface area contributed by atoms with Crippen LogP contribution in [0.25, 0.3) is 0 Å². The molecule has 90 valence electrons. The molecule has 1 aromatic carbocycles. The molecule has 0 saturated heterocycles. The van der Waals surface area contributed by atoms with E-state index < -0.39 is 0 Å². The van der Waals surface area contributed by atoms with E-state index in [4.69, 9.17) is 0 Å². The van der Waals surface area contributed by atoms with Gasteiger partial charge >= 0.3 is 0 Å². The van der Waals surface area contributed by atoms with Crippen molar-refractivity contribution in [2.45, 2.75) is 46.6 Å². The van der Waals surface area contributed by atoms with Crippen LogP contribution >= 0.6 is 0 Å². The number of benzene rings is 1. The van der Waals surface area contributed by atoms with Gasteiger partial charge in [-0.05, 0) is 37.8 Å². The zero-order valence-corrected chi connectivity index (χ0v) is 11.1. The average molecular weight is 219 g/mol. The Balaban J connectivity index is 2.68. The first-order chi connectivity index (χ1) is 7.63. The van der Waals surface area contributed by atoms with Crippen molar-refractivity contribution in [3.63, 3.8) is 0 Å². The maximum absolute atomic E-state index is 3.58. The summed E-state index contributed by atoms with van der Waals surface area (Å²) in [4.78, 5) is 0. The van der Waals surface area contributed by atoms with Gasteiger partial charge in [0, 0.05) is 6.04 Å². The summed E-state index contributed by atoms with van der Waals surface area (Å²) in [6.45, 7) is 9.96. The third kappa shape index (κ3) is 4.36. The van der Waals surface area contributed by atoms with E-state index in [9.17, 15) is 0 Å². The molecule has 0 fully saturated rings. The van der Waals surface area contributed by atoms with E-state index in [1.807, 2.05) is 0 Å². The minimum Gasteiger partial charge on any atom is -0.310 e. The molecule has 1 nitrogen and oxygen atoms in total. The first kappa shape index (κ1) is 13.2. The van der Waals surface area contributed by atoms with Crippen molar-refractivity contribution in [1.29, 1.82) is 0 Å². The van der Waals surface area contributed by atoms with Crippen LogP contribution in [0.4, 0.5) is 0 Å². The largest absolute Gasteiger partial charge is 0.310 e. The number of aryl methyl sites for hydroxylation is 1. The second-order valence-corrected chi connectivity index (χ2v) is 5.00. The Kier molecular flexibility index (Phi) is 5.54. The Morgan fingerprint density at radius 3 is 2.50 bits per heavy atom. The van der Waals surface area contributed by atoms with Crippen LogP contribution in [0.3, 0.4) is 0 Å². The lowest BCUT2D eigenvalue weighted by Crippen LogP contribution is -2.21. The van der Waals surface area contributed by atoms with Gasteiger partial charge < -0.3 is 5.32 Å². The summed E-state index contributed by atoms with van der Waals surface area (Å²) in [6.07, 6.45) is 2.51. The van der Waals surface area contributed by atoms with Crippen LogP contribution in [0.5, 0.6) is 0 Å². The molecule has 0 radical (unpaired) electrons. The van der Waals surface area contributed by atoms with Crippen LogP contribution in [-0.2, 0) is 0 Å². The minimum absolute atomic E-state index is 0.521. The van der Waals surface area contributed by atoms with Gasteiger partial charge in [0.05, 0.1) is 0 Å². The highest BCUT2D eigenvalue weighted by Crippen LogP contribution is 2.21. The monoisotopic (exact) mass is 219 g/mol. The van der Waals surface area contributed by atoms with Crippen molar-refractivity contribution in [1.82, 2.24) is 5.32 Å². The van der Waals surface area contributed by atoms with Gasteiger partial charge in [-0.3, -0.25) is 0 Å². The lowest BCUT2D eigenvalue weighted by atomic mass is 9.96. The van der Waals surface area contributed by atoms with Gasteiger partial charge in [0.1, 0.15) is 0 Å². The fourth-order valence-corrected chi connectivity index (χ4v) is 2.02. The number of hydrogen-bond acceptors (Lipinski definition) is 1. The Morgan fingerprint density at radius 2 is 1.94 bits per heavy atom. The van der Waals surface area contributed by atoms with Crippen molar-refractivity contribution in [3.05, 3.63) is 35.4 Å². The summed E-state index contributed by atoms with van der Waals surface area (Å²) >= 11 is 0. The molecule has 1 aromatic rings. The third-order valence-corrected chi connectivity index (χ3v) is 2.93. The van der Waals surface area contributed by atoms with E-state index in [1.165, 1.54) is 24.0 Å². The lowest BCUT2D eigenvalue weighted by molar-refractivity contribution is 0.448. The normalized spacial score (nSPS) is 13.1. The highest BCUT2D eigenvalue weighted by molar-refractivity contribution is 5.25. The van der Waals surface area contributed by atoms with Gasteiger partial charge in [-0.2, -0.15) is 0 Å². The van der Waals surface area contributed by atoms with Gasteiger partial charge in [-0.1, -0.05) is 50.6 Å². The summed E-state index contributed by atoms with van der Waals surface area (Å²) in [5, 5.41) is 3.58. The molecular formula is C15H25N. The zero-order chi connectivity index (χ0) is 12.0. The molecule has 1 unspecified atom stereocenters. The molecule has 0 bridgehead atoms. The molecule has 1 N–H and O–H groups in total. The Bertz CT molecular complexity index is 304. The number of hydrogen-bond donors (Lipinski definition) is 1. The average Bonchev–Trinajstić information content (AvgIpc) is 2.24. The summed E-state index contributed by atoms with van der Waals surface area (Å²) in [5.41, 5.74) is 2.78. The molecule has 0 aliphatic heterocycles. The summed E-state index contributed by atoms with van der Waals surface area (Å²) < 4.78 is 0. The molecule has 1 heteroatoms. The molecule has 1 rings (SSSR count). The predicted octanol–water partition coefficient (Wildman–Crippen LogP) is 4.08. The van der Waals surface area contributed by atoms with Crippen LogP contribution in [-0.4, -0.2) is 6.54 Å². The molecule has 0 aliphatic rings. The maximum Gasteiger partial charge on any atom is 0.0320 e. The van der Waals surface area contributed by atoms with E-state index in [0.717, 1.165) is 12.5 Å². The first-order valence-corrected chi connectivity index (χ1v) is 6.43. The van der Waals surface area contributed by atoms with Crippen LogP contribution in [0.15, 0.2) is 24.3 Å². The van der Waals surface area contributed by atoms with Crippen molar-refractivity contribution in [2.75, 3.05) is 6.54 Å². The fraction of sp³-hybridized carbons (Fsp3) is 0.600. The minimum atomic E-state index is 0.521. The van der Waals surface area contributed by atoms with Crippen molar-refractivity contribution < 1.29 is 0 Å². The molecular weight excluding hydrogens is 194 g/mol. The zero-order valence-electron chi connectivity index (χ0n) is 11.1. The van der Waals surface area contributed by atoms with E-state index in [2.05, 4.69) is 57.3 Å². The summed E-state index contributed by atoms with van der Waals surface area (Å²) in [6, 6.07) is 9.38. The van der Waals surface area contributed by atoms with Gasteiger partial charge in [-0.15, -0.1) is 0 Å². The molecule has 16 heavy (non-hydrogen) atoms. The summed E-state index contributed by atoms with van der Waals surface area (Å²) in [7, 11) is 0.